The van der Waals surface area contributed by atoms with Gasteiger partial charge in [-0.25, -0.2) is 14.6 Å². The number of aryl methyl sites for hydroxylation is 1. The number of pyridine rings is 3. The van der Waals surface area contributed by atoms with Gasteiger partial charge in [0.2, 0.25) is 5.91 Å². The molecule has 0 spiro atoms. The van der Waals surface area contributed by atoms with E-state index in [1.165, 1.54) is 0 Å². The van der Waals surface area contributed by atoms with Crippen LogP contribution in [0.1, 0.15) is 37.0 Å². The van der Waals surface area contributed by atoms with Gasteiger partial charge in [-0.3, -0.25) is 19.6 Å². The number of H-pyrrole nitrogens is 1. The number of piperidine rings is 1. The summed E-state index contributed by atoms with van der Waals surface area (Å²) in [5.74, 6) is 0.445. The van der Waals surface area contributed by atoms with Gasteiger partial charge in [0.05, 0.1) is 34.5 Å². The van der Waals surface area contributed by atoms with Crippen LogP contribution in [0.25, 0.3) is 44.7 Å². The Hall–Kier alpha value is -4.71. The van der Waals surface area contributed by atoms with E-state index in [1.54, 1.807) is 40.6 Å². The Morgan fingerprint density at radius 1 is 1.00 bits per heavy atom. The van der Waals surface area contributed by atoms with Crippen molar-refractivity contribution in [3.8, 4) is 22.6 Å². The summed E-state index contributed by atoms with van der Waals surface area (Å²) in [7, 11) is 3.91. The van der Waals surface area contributed by atoms with Crippen LogP contribution in [0.4, 0.5) is 5.69 Å². The molecule has 1 aliphatic heterocycles. The molecule has 216 valence electrons. The van der Waals surface area contributed by atoms with Gasteiger partial charge in [0, 0.05) is 55.8 Å². The summed E-state index contributed by atoms with van der Waals surface area (Å²) in [6, 6.07) is 3.91. The van der Waals surface area contributed by atoms with E-state index in [9.17, 15) is 9.59 Å². The third-order valence-corrected chi connectivity index (χ3v) is 8.01. The van der Waals surface area contributed by atoms with E-state index in [4.69, 9.17) is 10.1 Å². The maximum atomic E-state index is 13.2. The number of amides is 2. The predicted molar refractivity (Wildman–Crippen MR) is 161 cm³/mol. The number of carbonyl (C=O) groups is 2. The fraction of sp³-hybridized carbons (Fsp3) is 0.367. The number of rotatable bonds is 7. The molecule has 0 atom stereocenters. The molecule has 0 radical (unpaired) electrons. The molecule has 0 saturated carbocycles. The number of likely N-dealkylation sites (tertiary alicyclic amines) is 1. The molecule has 12 heteroatoms. The summed E-state index contributed by atoms with van der Waals surface area (Å²) < 4.78 is 1.71. The smallest absolute Gasteiger partial charge is 0.257 e. The zero-order valence-corrected chi connectivity index (χ0v) is 24.3. The molecule has 6 rings (SSSR count). The molecule has 2 amide bonds. The van der Waals surface area contributed by atoms with Gasteiger partial charge in [-0.15, -0.1) is 0 Å². The van der Waals surface area contributed by atoms with Gasteiger partial charge < -0.3 is 20.1 Å². The van der Waals surface area contributed by atoms with Crippen LogP contribution in [0.15, 0.2) is 43.1 Å². The van der Waals surface area contributed by atoms with Gasteiger partial charge in [-0.05, 0) is 59.0 Å². The third-order valence-electron chi connectivity index (χ3n) is 8.01. The average Bonchev–Trinajstić information content (AvgIpc) is 3.58. The molecular formula is C30H34N10O2. The second kappa shape index (κ2) is 11.3. The number of nitrogens with one attached hydrogen (secondary N) is 2. The molecule has 1 fully saturated rings. The number of hydrogen-bond acceptors (Lipinski definition) is 8. The van der Waals surface area contributed by atoms with Crippen LogP contribution in [-0.2, 0) is 11.8 Å². The van der Waals surface area contributed by atoms with Crippen molar-refractivity contribution in [2.75, 3.05) is 38.5 Å². The fourth-order valence-electron chi connectivity index (χ4n) is 5.54. The van der Waals surface area contributed by atoms with Gasteiger partial charge in [0.1, 0.15) is 11.2 Å². The van der Waals surface area contributed by atoms with Crippen molar-refractivity contribution in [1.29, 1.82) is 0 Å². The number of anilines is 1. The Balaban J connectivity index is 1.33. The quantitative estimate of drug-likeness (QED) is 0.304. The van der Waals surface area contributed by atoms with Gasteiger partial charge >= 0.3 is 0 Å². The van der Waals surface area contributed by atoms with Crippen molar-refractivity contribution >= 4 is 39.6 Å². The van der Waals surface area contributed by atoms with Crippen LogP contribution >= 0.6 is 0 Å². The fourth-order valence-corrected chi connectivity index (χ4v) is 5.54. The molecule has 0 bridgehead atoms. The topological polar surface area (TPSA) is 138 Å². The van der Waals surface area contributed by atoms with E-state index in [-0.39, 0.29) is 17.7 Å². The lowest BCUT2D eigenvalue weighted by atomic mass is 9.96. The molecule has 6 heterocycles. The number of aromatic nitrogens is 7. The highest BCUT2D eigenvalue weighted by molar-refractivity contribution is 6.05. The minimum atomic E-state index is -0.110. The van der Waals surface area contributed by atoms with E-state index in [0.717, 1.165) is 42.4 Å². The summed E-state index contributed by atoms with van der Waals surface area (Å²) in [5, 5.41) is 8.56. The van der Waals surface area contributed by atoms with Crippen LogP contribution in [0, 0.1) is 5.92 Å². The molecule has 5 aromatic heterocycles. The Kier molecular flexibility index (Phi) is 7.38. The van der Waals surface area contributed by atoms with E-state index in [1.807, 2.05) is 33.0 Å². The highest BCUT2D eigenvalue weighted by atomic mass is 16.2. The predicted octanol–water partition coefficient (Wildman–Crippen LogP) is 3.73. The highest BCUT2D eigenvalue weighted by Gasteiger charge is 2.24. The first-order chi connectivity index (χ1) is 20.4. The minimum Gasteiger partial charge on any atom is -0.339 e. The lowest BCUT2D eigenvalue weighted by Crippen LogP contribution is -2.35. The lowest BCUT2D eigenvalue weighted by Gasteiger charge is -2.28. The second-order valence-electron chi connectivity index (χ2n) is 10.7. The number of imidazole rings is 1. The molecule has 0 aromatic carbocycles. The van der Waals surface area contributed by atoms with Crippen LogP contribution in [0.2, 0.25) is 0 Å². The van der Waals surface area contributed by atoms with Crippen molar-refractivity contribution in [3.05, 3.63) is 48.7 Å². The zero-order chi connectivity index (χ0) is 29.4. The minimum absolute atomic E-state index is 0.00246. The Bertz CT molecular complexity index is 1780. The van der Waals surface area contributed by atoms with E-state index in [2.05, 4.69) is 37.2 Å². The van der Waals surface area contributed by atoms with Gasteiger partial charge in [-0.2, -0.15) is 5.10 Å². The van der Waals surface area contributed by atoms with E-state index < -0.39 is 0 Å². The van der Waals surface area contributed by atoms with Crippen molar-refractivity contribution in [3.63, 3.8) is 0 Å². The lowest BCUT2D eigenvalue weighted by molar-refractivity contribution is -0.121. The number of fused-ring (bicyclic) bond motifs is 2. The van der Waals surface area contributed by atoms with Crippen LogP contribution in [-0.4, -0.2) is 89.5 Å². The van der Waals surface area contributed by atoms with Crippen LogP contribution < -0.4 is 5.32 Å². The normalized spacial score (nSPS) is 14.5. The van der Waals surface area contributed by atoms with Crippen molar-refractivity contribution in [1.82, 2.24) is 44.5 Å². The molecule has 42 heavy (non-hydrogen) atoms. The monoisotopic (exact) mass is 566 g/mol. The molecular weight excluding hydrogens is 532 g/mol. The molecule has 12 nitrogen and oxygen atoms in total. The van der Waals surface area contributed by atoms with Crippen LogP contribution in [0.5, 0.6) is 0 Å². The highest BCUT2D eigenvalue weighted by Crippen LogP contribution is 2.31. The first-order valence-electron chi connectivity index (χ1n) is 14.3. The maximum absolute atomic E-state index is 13.2. The first kappa shape index (κ1) is 27.5. The van der Waals surface area contributed by atoms with Crippen molar-refractivity contribution in [2.24, 2.45) is 13.0 Å². The Labute approximate surface area is 243 Å². The molecule has 1 aliphatic rings. The summed E-state index contributed by atoms with van der Waals surface area (Å²) in [6.45, 7) is 6.94. The standard InChI is InChI=1S/C30H34N10O2/c1-5-40(6-2)30(42)23-16-32-17-24-25(23)36-27(35-24)26-22-12-20(14-33-28(22)39(4)37-26)19-11-21(15-31-13-19)34-29(41)18-7-9-38(3)10-8-18/h11-18H,5-10H2,1-4H3,(H,34,41)(H,35,36). The second-order valence-corrected chi connectivity index (χ2v) is 10.7. The maximum Gasteiger partial charge on any atom is 0.257 e. The third kappa shape index (κ3) is 5.09. The first-order valence-corrected chi connectivity index (χ1v) is 14.3. The van der Waals surface area contributed by atoms with Crippen LogP contribution in [0.3, 0.4) is 0 Å². The van der Waals surface area contributed by atoms with Crippen molar-refractivity contribution in [2.45, 2.75) is 26.7 Å². The van der Waals surface area contributed by atoms with Gasteiger partial charge in [0.15, 0.2) is 11.5 Å². The Morgan fingerprint density at radius 3 is 2.50 bits per heavy atom. The zero-order valence-electron chi connectivity index (χ0n) is 24.3. The average molecular weight is 567 g/mol. The summed E-state index contributed by atoms with van der Waals surface area (Å²) in [5.41, 5.74) is 5.25. The summed E-state index contributed by atoms with van der Waals surface area (Å²) in [6.07, 6.45) is 10.1. The van der Waals surface area contributed by atoms with E-state index in [0.29, 0.717) is 52.5 Å². The van der Waals surface area contributed by atoms with Crippen molar-refractivity contribution < 1.29 is 9.59 Å². The number of hydrogen-bond donors (Lipinski definition) is 2. The molecule has 5 aromatic rings. The molecule has 0 unspecified atom stereocenters. The van der Waals surface area contributed by atoms with E-state index >= 15 is 0 Å². The molecule has 2 N–H and O–H groups in total. The summed E-state index contributed by atoms with van der Waals surface area (Å²) in [4.78, 5) is 51.5. The molecule has 1 saturated heterocycles. The van der Waals surface area contributed by atoms with Gasteiger partial charge in [0.25, 0.3) is 5.91 Å². The largest absolute Gasteiger partial charge is 0.339 e. The number of carbonyl (C=O) groups excluding carboxylic acids is 2. The SMILES string of the molecule is CCN(CC)C(=O)c1cncc2[nH]c(-c3nn(C)c4ncc(-c5cncc(NC(=O)C6CCN(C)CC6)c5)cc34)nc12. The Morgan fingerprint density at radius 2 is 1.74 bits per heavy atom. The number of nitrogens with zero attached hydrogens (tertiary/aromatic N) is 8. The van der Waals surface area contributed by atoms with Gasteiger partial charge in [-0.1, -0.05) is 0 Å². The number of aromatic amines is 1. The molecule has 0 aliphatic carbocycles. The summed E-state index contributed by atoms with van der Waals surface area (Å²) >= 11 is 0.